The molecule has 0 bridgehead atoms. The summed E-state index contributed by atoms with van der Waals surface area (Å²) in [4.78, 5) is 12.8. The summed E-state index contributed by atoms with van der Waals surface area (Å²) in [5.74, 6) is 0.681. The molecule has 2 aromatic carbocycles. The van der Waals surface area contributed by atoms with Crippen molar-refractivity contribution in [3.63, 3.8) is 0 Å². The van der Waals surface area contributed by atoms with E-state index in [1.807, 2.05) is 55.5 Å². The van der Waals surface area contributed by atoms with Crippen LogP contribution in [0, 0.1) is 6.92 Å². The lowest BCUT2D eigenvalue weighted by atomic mass is 10.2. The van der Waals surface area contributed by atoms with E-state index in [2.05, 4.69) is 5.32 Å². The molecule has 21 heavy (non-hydrogen) atoms. The number of hydrogen-bond acceptors (Lipinski definition) is 3. The molecule has 0 saturated heterocycles. The van der Waals surface area contributed by atoms with Gasteiger partial charge in [-0.2, -0.15) is 0 Å². The molecule has 0 atom stereocenters. The van der Waals surface area contributed by atoms with Crippen molar-refractivity contribution in [1.29, 1.82) is 0 Å². The number of carbonyl (C=O) groups excluding carboxylic acids is 1. The molecule has 3 nitrogen and oxygen atoms in total. The van der Waals surface area contributed by atoms with E-state index in [9.17, 15) is 4.79 Å². The lowest BCUT2D eigenvalue weighted by Gasteiger charge is -2.02. The number of nitrogens with one attached hydrogen (secondary N) is 1. The molecule has 2 aromatic rings. The fraction of sp³-hybridized carbons (Fsp3) is 0.118. The van der Waals surface area contributed by atoms with Crippen molar-refractivity contribution in [2.45, 2.75) is 11.8 Å². The molecular formula is C17H17NO2S. The maximum atomic E-state index is 11.8. The first kappa shape index (κ1) is 15.2. The second kappa shape index (κ2) is 7.55. The fourth-order valence-corrected chi connectivity index (χ4v) is 2.29. The molecule has 4 heteroatoms. The van der Waals surface area contributed by atoms with Gasteiger partial charge in [-0.3, -0.25) is 4.79 Å². The van der Waals surface area contributed by atoms with E-state index in [0.29, 0.717) is 0 Å². The Balaban J connectivity index is 1.85. The van der Waals surface area contributed by atoms with Gasteiger partial charge in [0.1, 0.15) is 5.75 Å². The highest BCUT2D eigenvalue weighted by atomic mass is 32.2. The molecule has 0 aliphatic heterocycles. The number of amides is 1. The summed E-state index contributed by atoms with van der Waals surface area (Å²) in [6, 6.07) is 15.4. The third-order valence-electron chi connectivity index (χ3n) is 2.80. The van der Waals surface area contributed by atoms with Crippen LogP contribution < -0.4 is 10.1 Å². The van der Waals surface area contributed by atoms with Crippen LogP contribution in [0.25, 0.3) is 0 Å². The van der Waals surface area contributed by atoms with Gasteiger partial charge >= 0.3 is 0 Å². The van der Waals surface area contributed by atoms with Crippen LogP contribution in [0.3, 0.4) is 0 Å². The highest BCUT2D eigenvalue weighted by Crippen LogP contribution is 2.22. The van der Waals surface area contributed by atoms with Gasteiger partial charge in [-0.25, -0.2) is 0 Å². The van der Waals surface area contributed by atoms with Crippen LogP contribution in [0.15, 0.2) is 64.9 Å². The minimum Gasteiger partial charge on any atom is -0.497 e. The van der Waals surface area contributed by atoms with Crippen molar-refractivity contribution in [2.75, 3.05) is 12.4 Å². The Morgan fingerprint density at radius 1 is 1.10 bits per heavy atom. The van der Waals surface area contributed by atoms with Crippen LogP contribution in [0.2, 0.25) is 0 Å². The first-order chi connectivity index (χ1) is 10.2. The molecule has 0 aliphatic carbocycles. The van der Waals surface area contributed by atoms with Crippen molar-refractivity contribution in [1.82, 2.24) is 0 Å². The summed E-state index contributed by atoms with van der Waals surface area (Å²) in [6.45, 7) is 2.01. The molecule has 0 saturated carbocycles. The third kappa shape index (κ3) is 5.00. The van der Waals surface area contributed by atoms with Crippen LogP contribution in [0.5, 0.6) is 5.75 Å². The predicted octanol–water partition coefficient (Wildman–Crippen LogP) is 4.25. The largest absolute Gasteiger partial charge is 0.497 e. The molecule has 0 fully saturated rings. The summed E-state index contributed by atoms with van der Waals surface area (Å²) in [5.41, 5.74) is 1.96. The van der Waals surface area contributed by atoms with E-state index in [-0.39, 0.29) is 5.91 Å². The second-order valence-electron chi connectivity index (χ2n) is 4.45. The molecule has 2 rings (SSSR count). The maximum Gasteiger partial charge on any atom is 0.248 e. The normalized spacial score (nSPS) is 10.6. The smallest absolute Gasteiger partial charge is 0.248 e. The van der Waals surface area contributed by atoms with Gasteiger partial charge in [0.2, 0.25) is 5.91 Å². The Morgan fingerprint density at radius 2 is 1.76 bits per heavy atom. The SMILES string of the molecule is COc1ccc(S/C=C\C(=O)Nc2ccc(C)cc2)cc1. The van der Waals surface area contributed by atoms with Crippen molar-refractivity contribution in [3.05, 3.63) is 65.6 Å². The third-order valence-corrected chi connectivity index (χ3v) is 3.62. The summed E-state index contributed by atoms with van der Waals surface area (Å²) in [7, 11) is 1.64. The average Bonchev–Trinajstić information content (AvgIpc) is 2.50. The number of thioether (sulfide) groups is 1. The number of aryl methyl sites for hydroxylation is 1. The van der Waals surface area contributed by atoms with Gasteiger partial charge in [0.15, 0.2) is 0 Å². The van der Waals surface area contributed by atoms with Crippen LogP contribution in [-0.4, -0.2) is 13.0 Å². The van der Waals surface area contributed by atoms with Crippen molar-refractivity contribution in [3.8, 4) is 5.75 Å². The van der Waals surface area contributed by atoms with Gasteiger partial charge in [0.25, 0.3) is 0 Å². The zero-order valence-corrected chi connectivity index (χ0v) is 12.8. The van der Waals surface area contributed by atoms with Gasteiger partial charge in [-0.05, 0) is 48.7 Å². The molecule has 108 valence electrons. The van der Waals surface area contributed by atoms with Gasteiger partial charge in [0, 0.05) is 16.7 Å². The Bertz CT molecular complexity index is 618. The molecule has 0 unspecified atom stereocenters. The van der Waals surface area contributed by atoms with E-state index in [4.69, 9.17) is 4.74 Å². The number of anilines is 1. The highest BCUT2D eigenvalue weighted by molar-refractivity contribution is 8.02. The zero-order chi connectivity index (χ0) is 15.1. The molecule has 1 N–H and O–H groups in total. The minimum absolute atomic E-state index is 0.139. The Labute approximate surface area is 129 Å². The first-order valence-electron chi connectivity index (χ1n) is 6.52. The van der Waals surface area contributed by atoms with Gasteiger partial charge < -0.3 is 10.1 Å². The molecule has 0 radical (unpaired) electrons. The number of methoxy groups -OCH3 is 1. The standard InChI is InChI=1S/C17H17NO2S/c1-13-3-5-14(6-4-13)18-17(19)11-12-21-16-9-7-15(20-2)8-10-16/h3-12H,1-2H3,(H,18,19)/b12-11-. The second-order valence-corrected chi connectivity index (χ2v) is 5.43. The van der Waals surface area contributed by atoms with Crippen molar-refractivity contribution >= 4 is 23.4 Å². The lowest BCUT2D eigenvalue weighted by Crippen LogP contribution is -2.07. The van der Waals surface area contributed by atoms with Gasteiger partial charge in [-0.1, -0.05) is 29.5 Å². The molecule has 0 spiro atoms. The van der Waals surface area contributed by atoms with Crippen LogP contribution in [0.1, 0.15) is 5.56 Å². The minimum atomic E-state index is -0.139. The molecule has 0 aromatic heterocycles. The van der Waals surface area contributed by atoms with Gasteiger partial charge in [0.05, 0.1) is 7.11 Å². The van der Waals surface area contributed by atoms with Crippen molar-refractivity contribution in [2.24, 2.45) is 0 Å². The summed E-state index contributed by atoms with van der Waals surface area (Å²) in [6.07, 6.45) is 1.52. The Morgan fingerprint density at radius 3 is 2.38 bits per heavy atom. The highest BCUT2D eigenvalue weighted by Gasteiger charge is 1.98. The Kier molecular flexibility index (Phi) is 5.46. The van der Waals surface area contributed by atoms with E-state index in [1.54, 1.807) is 12.5 Å². The number of ether oxygens (including phenoxy) is 1. The van der Waals surface area contributed by atoms with Crippen LogP contribution in [0.4, 0.5) is 5.69 Å². The van der Waals surface area contributed by atoms with Crippen LogP contribution in [-0.2, 0) is 4.79 Å². The number of benzene rings is 2. The van der Waals surface area contributed by atoms with Crippen LogP contribution >= 0.6 is 11.8 Å². The van der Waals surface area contributed by atoms with Crippen molar-refractivity contribution < 1.29 is 9.53 Å². The number of hydrogen-bond donors (Lipinski definition) is 1. The monoisotopic (exact) mass is 299 g/mol. The quantitative estimate of drug-likeness (QED) is 0.662. The van der Waals surface area contributed by atoms with E-state index in [1.165, 1.54) is 23.4 Å². The average molecular weight is 299 g/mol. The Hall–Kier alpha value is -2.20. The maximum absolute atomic E-state index is 11.8. The van der Waals surface area contributed by atoms with E-state index in [0.717, 1.165) is 16.3 Å². The summed E-state index contributed by atoms with van der Waals surface area (Å²) < 4.78 is 5.10. The molecule has 0 aliphatic rings. The fourth-order valence-electron chi connectivity index (χ4n) is 1.65. The summed E-state index contributed by atoms with van der Waals surface area (Å²) in [5, 5.41) is 4.58. The van der Waals surface area contributed by atoms with E-state index >= 15 is 0 Å². The van der Waals surface area contributed by atoms with Gasteiger partial charge in [-0.15, -0.1) is 0 Å². The zero-order valence-electron chi connectivity index (χ0n) is 12.0. The molecule has 0 heterocycles. The number of carbonyl (C=O) groups is 1. The number of rotatable bonds is 5. The first-order valence-corrected chi connectivity index (χ1v) is 7.40. The van der Waals surface area contributed by atoms with E-state index < -0.39 is 0 Å². The summed E-state index contributed by atoms with van der Waals surface area (Å²) >= 11 is 1.48. The predicted molar refractivity (Wildman–Crippen MR) is 87.8 cm³/mol. The topological polar surface area (TPSA) is 38.3 Å². The molecular weight excluding hydrogens is 282 g/mol. The molecule has 1 amide bonds. The lowest BCUT2D eigenvalue weighted by molar-refractivity contribution is -0.111.